The summed E-state index contributed by atoms with van der Waals surface area (Å²) in [5.74, 6) is 1.33. The minimum absolute atomic E-state index is 0.190. The summed E-state index contributed by atoms with van der Waals surface area (Å²) in [4.78, 5) is 5.38. The fourth-order valence-electron chi connectivity index (χ4n) is 4.75. The van der Waals surface area contributed by atoms with Crippen LogP contribution in [0.4, 0.5) is 0 Å². The lowest BCUT2D eigenvalue weighted by atomic mass is 9.64. The molecule has 0 aliphatic carbocycles. The highest BCUT2D eigenvalue weighted by molar-refractivity contribution is 5.11. The third-order valence-corrected chi connectivity index (χ3v) is 7.68. The predicted molar refractivity (Wildman–Crippen MR) is 116 cm³/mol. The lowest BCUT2D eigenvalue weighted by Gasteiger charge is -2.52. The number of hydrogen-bond donors (Lipinski definition) is 0. The van der Waals surface area contributed by atoms with Crippen molar-refractivity contribution < 1.29 is 0 Å². The number of hydrogen-bond acceptors (Lipinski definition) is 2. The average Bonchev–Trinajstić information content (AvgIpc) is 2.95. The molecule has 0 N–H and O–H groups in total. The third kappa shape index (κ3) is 4.62. The minimum atomic E-state index is 0.190. The molecule has 2 nitrogen and oxygen atoms in total. The maximum atomic E-state index is 2.78. The van der Waals surface area contributed by atoms with E-state index in [1.165, 1.54) is 38.9 Å². The molecule has 0 radical (unpaired) electrons. The molecule has 0 aromatic rings. The van der Waals surface area contributed by atoms with E-state index in [9.17, 15) is 0 Å². The second-order valence-corrected chi connectivity index (χ2v) is 10.2. The van der Waals surface area contributed by atoms with Crippen molar-refractivity contribution in [2.24, 2.45) is 17.3 Å². The molecule has 1 unspecified atom stereocenters. The van der Waals surface area contributed by atoms with Gasteiger partial charge in [0.15, 0.2) is 0 Å². The largest absolute Gasteiger partial charge is 0.297 e. The molecular weight excluding hydrogens is 316 g/mol. The van der Waals surface area contributed by atoms with E-state index < -0.39 is 0 Å². The lowest BCUT2D eigenvalue weighted by Crippen LogP contribution is -2.57. The SMILES string of the molecule is CC(C)C1=CCCN(C(C)(C)C(C)(C)C2C=CCN(C(C)C)CC2)CC1. The summed E-state index contributed by atoms with van der Waals surface area (Å²) in [5.41, 5.74) is 2.09. The fraction of sp³-hybridized carbons (Fsp3) is 0.833. The van der Waals surface area contributed by atoms with E-state index in [1.807, 2.05) is 0 Å². The lowest BCUT2D eigenvalue weighted by molar-refractivity contribution is -0.0157. The maximum absolute atomic E-state index is 2.78. The second kappa shape index (κ2) is 8.61. The first-order valence-corrected chi connectivity index (χ1v) is 10.9. The smallest absolute Gasteiger partial charge is 0.0210 e. The van der Waals surface area contributed by atoms with E-state index in [0.29, 0.717) is 17.9 Å². The maximum Gasteiger partial charge on any atom is 0.0210 e. The van der Waals surface area contributed by atoms with Gasteiger partial charge in [0.1, 0.15) is 0 Å². The molecule has 0 saturated heterocycles. The van der Waals surface area contributed by atoms with Crippen LogP contribution in [0.15, 0.2) is 23.8 Å². The zero-order chi connectivity index (χ0) is 19.5. The van der Waals surface area contributed by atoms with Crippen LogP contribution in [-0.2, 0) is 0 Å². The molecule has 0 saturated carbocycles. The standard InChI is InChI=1S/C24H44N2/c1-19(2)21-11-9-16-26(18-13-21)24(7,8)23(5,6)22-12-10-15-25(17-14-22)20(3)4/h10-12,19-20,22H,9,13-18H2,1-8H3. The van der Waals surface area contributed by atoms with Gasteiger partial charge in [0.2, 0.25) is 0 Å². The van der Waals surface area contributed by atoms with Gasteiger partial charge in [-0.3, -0.25) is 9.80 Å². The van der Waals surface area contributed by atoms with E-state index >= 15 is 0 Å². The van der Waals surface area contributed by atoms with Crippen molar-refractivity contribution >= 4 is 0 Å². The number of nitrogens with zero attached hydrogens (tertiary/aromatic N) is 2. The molecule has 2 heterocycles. The molecule has 2 aliphatic heterocycles. The summed E-state index contributed by atoms with van der Waals surface area (Å²) in [6, 6.07) is 0.639. The molecule has 0 aromatic heterocycles. The van der Waals surface area contributed by atoms with Gasteiger partial charge in [-0.25, -0.2) is 0 Å². The highest BCUT2D eigenvalue weighted by atomic mass is 15.2. The molecule has 0 aromatic carbocycles. The Labute approximate surface area is 163 Å². The Kier molecular flexibility index (Phi) is 7.18. The first-order chi connectivity index (χ1) is 12.1. The Hall–Kier alpha value is -0.600. The van der Waals surface area contributed by atoms with Crippen LogP contribution in [0.3, 0.4) is 0 Å². The van der Waals surface area contributed by atoms with Gasteiger partial charge in [-0.2, -0.15) is 0 Å². The van der Waals surface area contributed by atoms with Gasteiger partial charge < -0.3 is 0 Å². The van der Waals surface area contributed by atoms with Crippen molar-refractivity contribution in [3.63, 3.8) is 0 Å². The summed E-state index contributed by atoms with van der Waals surface area (Å²) in [7, 11) is 0. The van der Waals surface area contributed by atoms with E-state index in [2.05, 4.69) is 83.4 Å². The fourth-order valence-corrected chi connectivity index (χ4v) is 4.75. The first-order valence-electron chi connectivity index (χ1n) is 10.9. The number of allylic oxidation sites excluding steroid dienone is 1. The molecular formula is C24H44N2. The van der Waals surface area contributed by atoms with Crippen LogP contribution in [0.25, 0.3) is 0 Å². The van der Waals surface area contributed by atoms with Gasteiger partial charge >= 0.3 is 0 Å². The Morgan fingerprint density at radius 1 is 1.00 bits per heavy atom. The molecule has 26 heavy (non-hydrogen) atoms. The Balaban J connectivity index is 2.11. The topological polar surface area (TPSA) is 6.48 Å². The van der Waals surface area contributed by atoms with Crippen LogP contribution >= 0.6 is 0 Å². The van der Waals surface area contributed by atoms with Gasteiger partial charge in [0, 0.05) is 31.2 Å². The van der Waals surface area contributed by atoms with Gasteiger partial charge in [-0.15, -0.1) is 0 Å². The van der Waals surface area contributed by atoms with Gasteiger partial charge in [0.05, 0.1) is 0 Å². The molecule has 0 amide bonds. The molecule has 150 valence electrons. The van der Waals surface area contributed by atoms with Crippen molar-refractivity contribution in [3.8, 4) is 0 Å². The quantitative estimate of drug-likeness (QED) is 0.575. The highest BCUT2D eigenvalue weighted by Gasteiger charge is 2.45. The molecule has 2 rings (SSSR count). The summed E-state index contributed by atoms with van der Waals surface area (Å²) in [6.45, 7) is 24.0. The van der Waals surface area contributed by atoms with Crippen LogP contribution in [0.1, 0.15) is 74.7 Å². The molecule has 0 fully saturated rings. The molecule has 0 bridgehead atoms. The van der Waals surface area contributed by atoms with Gasteiger partial charge in [-0.1, -0.05) is 51.5 Å². The Bertz CT molecular complexity index is 510. The van der Waals surface area contributed by atoms with Gasteiger partial charge in [-0.05, 0) is 70.8 Å². The number of rotatable bonds is 5. The summed E-state index contributed by atoms with van der Waals surface area (Å²) >= 11 is 0. The Morgan fingerprint density at radius 2 is 1.69 bits per heavy atom. The van der Waals surface area contributed by atoms with Crippen LogP contribution in [0.2, 0.25) is 0 Å². The second-order valence-electron chi connectivity index (χ2n) is 10.2. The van der Waals surface area contributed by atoms with Crippen LogP contribution < -0.4 is 0 Å². The van der Waals surface area contributed by atoms with Crippen molar-refractivity contribution in [1.29, 1.82) is 0 Å². The van der Waals surface area contributed by atoms with E-state index in [-0.39, 0.29) is 11.0 Å². The van der Waals surface area contributed by atoms with Crippen molar-refractivity contribution in [2.45, 2.75) is 86.2 Å². The van der Waals surface area contributed by atoms with E-state index in [0.717, 1.165) is 6.54 Å². The normalized spacial score (nSPS) is 24.7. The first kappa shape index (κ1) is 21.7. The van der Waals surface area contributed by atoms with E-state index in [1.54, 1.807) is 5.57 Å². The van der Waals surface area contributed by atoms with E-state index in [4.69, 9.17) is 0 Å². The average molecular weight is 361 g/mol. The Morgan fingerprint density at radius 3 is 2.31 bits per heavy atom. The van der Waals surface area contributed by atoms with Crippen LogP contribution in [0, 0.1) is 17.3 Å². The molecule has 0 spiro atoms. The minimum Gasteiger partial charge on any atom is -0.297 e. The predicted octanol–water partition coefficient (Wildman–Crippen LogP) is 5.76. The highest BCUT2D eigenvalue weighted by Crippen LogP contribution is 2.45. The summed E-state index contributed by atoms with van der Waals surface area (Å²) in [6.07, 6.45) is 11.2. The summed E-state index contributed by atoms with van der Waals surface area (Å²) in [5, 5.41) is 0. The van der Waals surface area contributed by atoms with Crippen molar-refractivity contribution in [2.75, 3.05) is 26.2 Å². The van der Waals surface area contributed by atoms with Crippen LogP contribution in [0.5, 0.6) is 0 Å². The van der Waals surface area contributed by atoms with Crippen LogP contribution in [-0.4, -0.2) is 47.6 Å². The molecule has 2 aliphatic rings. The molecule has 1 atom stereocenters. The van der Waals surface area contributed by atoms with Crippen molar-refractivity contribution in [3.05, 3.63) is 23.8 Å². The third-order valence-electron chi connectivity index (χ3n) is 7.68. The van der Waals surface area contributed by atoms with Crippen molar-refractivity contribution in [1.82, 2.24) is 9.80 Å². The zero-order valence-corrected chi connectivity index (χ0v) is 18.8. The van der Waals surface area contributed by atoms with Gasteiger partial charge in [0.25, 0.3) is 0 Å². The zero-order valence-electron chi connectivity index (χ0n) is 18.8. The molecule has 2 heteroatoms. The monoisotopic (exact) mass is 360 g/mol. The summed E-state index contributed by atoms with van der Waals surface area (Å²) < 4.78 is 0.